The Balaban J connectivity index is 2.53. The predicted molar refractivity (Wildman–Crippen MR) is 99.4 cm³/mol. The monoisotopic (exact) mass is 353 g/mol. The van der Waals surface area contributed by atoms with Crippen molar-refractivity contribution in [1.29, 1.82) is 0 Å². The molecular weight excluding hydrogens is 326 g/mol. The molecule has 0 saturated heterocycles. The molecule has 1 atom stereocenters. The summed E-state index contributed by atoms with van der Waals surface area (Å²) in [5.74, 6) is -0.207. The Morgan fingerprint density at radius 3 is 2.50 bits per heavy atom. The van der Waals surface area contributed by atoms with Gasteiger partial charge in [0.2, 0.25) is 11.8 Å². The first kappa shape index (κ1) is 20.5. The van der Waals surface area contributed by atoms with Gasteiger partial charge in [0.25, 0.3) is 0 Å². The van der Waals surface area contributed by atoms with Crippen molar-refractivity contribution in [1.82, 2.24) is 10.2 Å². The van der Waals surface area contributed by atoms with Gasteiger partial charge in [0.05, 0.1) is 13.1 Å². The Labute approximate surface area is 149 Å². The van der Waals surface area contributed by atoms with Crippen molar-refractivity contribution < 1.29 is 9.59 Å². The van der Waals surface area contributed by atoms with Crippen LogP contribution in [0.5, 0.6) is 0 Å². The number of aryl methyl sites for hydroxylation is 1. The van der Waals surface area contributed by atoms with Gasteiger partial charge in [-0.25, -0.2) is 0 Å². The lowest BCUT2D eigenvalue weighted by Crippen LogP contribution is -2.43. The fraction of sp³-hybridized carbons (Fsp3) is 0.556. The minimum absolute atomic E-state index is 0.0514. The van der Waals surface area contributed by atoms with Crippen LogP contribution in [0.4, 0.5) is 5.69 Å². The van der Waals surface area contributed by atoms with Crippen molar-refractivity contribution in [2.45, 2.75) is 46.6 Å². The number of carbonyl (C=O) groups is 2. The second-order valence-corrected chi connectivity index (χ2v) is 6.50. The summed E-state index contributed by atoms with van der Waals surface area (Å²) in [7, 11) is 0. The zero-order chi connectivity index (χ0) is 18.1. The Morgan fingerprint density at radius 2 is 1.88 bits per heavy atom. The normalized spacial score (nSPS) is 12.1. The molecule has 1 aromatic carbocycles. The van der Waals surface area contributed by atoms with Crippen LogP contribution in [0.2, 0.25) is 5.02 Å². The molecule has 1 unspecified atom stereocenters. The lowest BCUT2D eigenvalue weighted by molar-refractivity contribution is -0.123. The van der Waals surface area contributed by atoms with Crippen molar-refractivity contribution in [2.24, 2.45) is 0 Å². The first-order chi connectivity index (χ1) is 11.3. The van der Waals surface area contributed by atoms with E-state index in [9.17, 15) is 9.59 Å². The van der Waals surface area contributed by atoms with E-state index in [4.69, 9.17) is 11.6 Å². The van der Waals surface area contributed by atoms with Crippen molar-refractivity contribution in [3.8, 4) is 0 Å². The van der Waals surface area contributed by atoms with E-state index in [0.29, 0.717) is 17.3 Å². The maximum Gasteiger partial charge on any atom is 0.238 e. The van der Waals surface area contributed by atoms with Crippen molar-refractivity contribution in [3.63, 3.8) is 0 Å². The predicted octanol–water partition coefficient (Wildman–Crippen LogP) is 3.21. The third-order valence-corrected chi connectivity index (χ3v) is 4.02. The molecule has 2 N–H and O–H groups in total. The van der Waals surface area contributed by atoms with Gasteiger partial charge in [-0.15, -0.1) is 0 Å². The highest BCUT2D eigenvalue weighted by Gasteiger charge is 2.15. The maximum atomic E-state index is 12.2. The number of carbonyl (C=O) groups excluding carboxylic acids is 2. The third kappa shape index (κ3) is 7.32. The standard InChI is InChI=1S/C18H28ClN3O2/c1-5-7-14(4)20-17(23)11-22(6-2)12-18(24)21-16-10-15(19)9-8-13(16)3/h8-10,14H,5-7,11-12H2,1-4H3,(H,20,23)(H,21,24). The fourth-order valence-corrected chi connectivity index (χ4v) is 2.60. The van der Waals surface area contributed by atoms with E-state index in [0.717, 1.165) is 18.4 Å². The van der Waals surface area contributed by atoms with Gasteiger partial charge in [0, 0.05) is 16.8 Å². The number of anilines is 1. The number of rotatable bonds is 9. The summed E-state index contributed by atoms with van der Waals surface area (Å²) >= 11 is 5.96. The molecule has 134 valence electrons. The van der Waals surface area contributed by atoms with E-state index in [2.05, 4.69) is 17.6 Å². The molecule has 0 heterocycles. The average molecular weight is 354 g/mol. The van der Waals surface area contributed by atoms with E-state index in [1.807, 2.05) is 31.7 Å². The van der Waals surface area contributed by atoms with Gasteiger partial charge in [0.1, 0.15) is 0 Å². The number of hydrogen-bond donors (Lipinski definition) is 2. The van der Waals surface area contributed by atoms with Crippen molar-refractivity contribution in [3.05, 3.63) is 28.8 Å². The molecule has 0 aromatic heterocycles. The topological polar surface area (TPSA) is 61.4 Å². The Bertz CT molecular complexity index is 563. The summed E-state index contributed by atoms with van der Waals surface area (Å²) in [6.45, 7) is 8.92. The van der Waals surface area contributed by atoms with Crippen LogP contribution in [-0.2, 0) is 9.59 Å². The molecule has 0 fully saturated rings. The Morgan fingerprint density at radius 1 is 1.21 bits per heavy atom. The summed E-state index contributed by atoms with van der Waals surface area (Å²) in [5.41, 5.74) is 1.64. The SMILES string of the molecule is CCCC(C)NC(=O)CN(CC)CC(=O)Nc1cc(Cl)ccc1C. The van der Waals surface area contributed by atoms with E-state index in [-0.39, 0.29) is 30.9 Å². The van der Waals surface area contributed by atoms with Crippen molar-refractivity contribution >= 4 is 29.1 Å². The number of nitrogens with zero attached hydrogens (tertiary/aromatic N) is 1. The molecule has 0 aliphatic rings. The molecular formula is C18H28ClN3O2. The Hall–Kier alpha value is -1.59. The Kier molecular flexibility index (Phi) is 8.79. The minimum atomic E-state index is -0.156. The molecule has 24 heavy (non-hydrogen) atoms. The molecule has 0 aliphatic heterocycles. The number of amides is 2. The second kappa shape index (κ2) is 10.3. The van der Waals surface area contributed by atoms with E-state index >= 15 is 0 Å². The smallest absolute Gasteiger partial charge is 0.238 e. The molecule has 5 nitrogen and oxygen atoms in total. The summed E-state index contributed by atoms with van der Waals surface area (Å²) in [6, 6.07) is 5.53. The van der Waals surface area contributed by atoms with Crippen LogP contribution in [0.15, 0.2) is 18.2 Å². The van der Waals surface area contributed by atoms with Crippen LogP contribution < -0.4 is 10.6 Å². The molecule has 0 bridgehead atoms. The summed E-state index contributed by atoms with van der Waals surface area (Å²) in [4.78, 5) is 26.1. The molecule has 0 spiro atoms. The van der Waals surface area contributed by atoms with Gasteiger partial charge >= 0.3 is 0 Å². The highest BCUT2D eigenvalue weighted by molar-refractivity contribution is 6.31. The van der Waals surface area contributed by atoms with E-state index in [1.165, 1.54) is 0 Å². The maximum absolute atomic E-state index is 12.2. The average Bonchev–Trinajstić information content (AvgIpc) is 2.50. The van der Waals surface area contributed by atoms with Crippen LogP contribution in [0.25, 0.3) is 0 Å². The van der Waals surface area contributed by atoms with Gasteiger partial charge in [-0.3, -0.25) is 14.5 Å². The quantitative estimate of drug-likeness (QED) is 0.716. The lowest BCUT2D eigenvalue weighted by Gasteiger charge is -2.21. The highest BCUT2D eigenvalue weighted by Crippen LogP contribution is 2.20. The van der Waals surface area contributed by atoms with Gasteiger partial charge in [0.15, 0.2) is 0 Å². The van der Waals surface area contributed by atoms with Crippen LogP contribution >= 0.6 is 11.6 Å². The van der Waals surface area contributed by atoms with Crippen LogP contribution in [0, 0.1) is 6.92 Å². The highest BCUT2D eigenvalue weighted by atomic mass is 35.5. The first-order valence-electron chi connectivity index (χ1n) is 8.43. The molecule has 0 radical (unpaired) electrons. The van der Waals surface area contributed by atoms with Gasteiger partial charge < -0.3 is 10.6 Å². The van der Waals surface area contributed by atoms with Crippen LogP contribution in [0.1, 0.15) is 39.2 Å². The molecule has 2 amide bonds. The molecule has 0 saturated carbocycles. The van der Waals surface area contributed by atoms with Crippen LogP contribution in [-0.4, -0.2) is 42.4 Å². The van der Waals surface area contributed by atoms with Crippen molar-refractivity contribution in [2.75, 3.05) is 25.0 Å². The zero-order valence-corrected chi connectivity index (χ0v) is 15.7. The summed E-state index contributed by atoms with van der Waals surface area (Å²) < 4.78 is 0. The molecule has 6 heteroatoms. The number of benzene rings is 1. The van der Waals surface area contributed by atoms with Gasteiger partial charge in [-0.05, 0) is 44.5 Å². The number of likely N-dealkylation sites (N-methyl/N-ethyl adjacent to an activating group) is 1. The van der Waals surface area contributed by atoms with Crippen LogP contribution in [0.3, 0.4) is 0 Å². The lowest BCUT2D eigenvalue weighted by atomic mass is 10.2. The molecule has 0 aliphatic carbocycles. The number of nitrogens with one attached hydrogen (secondary N) is 2. The van der Waals surface area contributed by atoms with Gasteiger partial charge in [-0.2, -0.15) is 0 Å². The zero-order valence-electron chi connectivity index (χ0n) is 15.0. The second-order valence-electron chi connectivity index (χ2n) is 6.07. The summed E-state index contributed by atoms with van der Waals surface area (Å²) in [6.07, 6.45) is 1.98. The number of halogens is 1. The van der Waals surface area contributed by atoms with Gasteiger partial charge in [-0.1, -0.05) is 37.9 Å². The van der Waals surface area contributed by atoms with E-state index in [1.54, 1.807) is 12.1 Å². The third-order valence-electron chi connectivity index (χ3n) is 3.78. The molecule has 1 rings (SSSR count). The number of hydrogen-bond acceptors (Lipinski definition) is 3. The first-order valence-corrected chi connectivity index (χ1v) is 8.81. The fourth-order valence-electron chi connectivity index (χ4n) is 2.43. The summed E-state index contributed by atoms with van der Waals surface area (Å²) in [5, 5.41) is 6.39. The molecule has 1 aromatic rings. The minimum Gasteiger partial charge on any atom is -0.353 e. The largest absolute Gasteiger partial charge is 0.353 e. The van der Waals surface area contributed by atoms with E-state index < -0.39 is 0 Å².